The second-order valence-electron chi connectivity index (χ2n) is 6.79. The van der Waals surface area contributed by atoms with E-state index >= 15 is 0 Å². The SMILES string of the molecule is CCOc1cc(/C=N\NS(=O)(=O)c2ccc(C)cc2)ccc1OCc1c(Cl)cccc1Cl. The van der Waals surface area contributed by atoms with Gasteiger partial charge in [0.25, 0.3) is 10.0 Å². The number of hydrogen-bond acceptors (Lipinski definition) is 5. The molecule has 3 rings (SSSR count). The number of nitrogens with one attached hydrogen (secondary N) is 1. The fourth-order valence-electron chi connectivity index (χ4n) is 2.75. The maximum Gasteiger partial charge on any atom is 0.276 e. The van der Waals surface area contributed by atoms with Gasteiger partial charge < -0.3 is 9.47 Å². The number of sulfonamides is 1. The van der Waals surface area contributed by atoms with Gasteiger partial charge >= 0.3 is 0 Å². The van der Waals surface area contributed by atoms with Crippen molar-refractivity contribution in [3.63, 3.8) is 0 Å². The summed E-state index contributed by atoms with van der Waals surface area (Å²) in [6.45, 7) is 4.33. The number of rotatable bonds is 9. The summed E-state index contributed by atoms with van der Waals surface area (Å²) in [5.41, 5.74) is 2.27. The number of halogens is 2. The summed E-state index contributed by atoms with van der Waals surface area (Å²) in [5.74, 6) is 0.987. The Bertz CT molecular complexity index is 1190. The van der Waals surface area contributed by atoms with Crippen LogP contribution in [0.2, 0.25) is 10.0 Å². The Morgan fingerprint density at radius 1 is 0.969 bits per heavy atom. The van der Waals surface area contributed by atoms with E-state index < -0.39 is 10.0 Å². The van der Waals surface area contributed by atoms with E-state index in [2.05, 4.69) is 9.93 Å². The Morgan fingerprint density at radius 3 is 2.31 bits per heavy atom. The minimum absolute atomic E-state index is 0.136. The molecule has 0 heterocycles. The molecule has 0 aromatic heterocycles. The lowest BCUT2D eigenvalue weighted by atomic mass is 10.2. The van der Waals surface area contributed by atoms with Crippen molar-refractivity contribution in [3.05, 3.63) is 87.4 Å². The van der Waals surface area contributed by atoms with Gasteiger partial charge in [-0.2, -0.15) is 13.5 Å². The van der Waals surface area contributed by atoms with Crippen molar-refractivity contribution in [2.75, 3.05) is 6.61 Å². The molecule has 0 amide bonds. The third-order valence-corrected chi connectivity index (χ3v) is 6.37. The van der Waals surface area contributed by atoms with Crippen molar-refractivity contribution < 1.29 is 17.9 Å². The molecule has 9 heteroatoms. The van der Waals surface area contributed by atoms with Gasteiger partial charge in [-0.05, 0) is 61.9 Å². The predicted molar refractivity (Wildman–Crippen MR) is 127 cm³/mol. The summed E-state index contributed by atoms with van der Waals surface area (Å²) < 4.78 is 36.2. The molecule has 0 spiro atoms. The monoisotopic (exact) mass is 492 g/mol. The first-order chi connectivity index (χ1) is 15.3. The zero-order chi connectivity index (χ0) is 23.1. The van der Waals surface area contributed by atoms with Crippen molar-refractivity contribution in [2.24, 2.45) is 5.10 Å². The van der Waals surface area contributed by atoms with Crippen molar-refractivity contribution in [2.45, 2.75) is 25.3 Å². The van der Waals surface area contributed by atoms with Crippen LogP contribution in [0.4, 0.5) is 0 Å². The van der Waals surface area contributed by atoms with Crippen LogP contribution in [0.1, 0.15) is 23.6 Å². The van der Waals surface area contributed by atoms with Crippen LogP contribution in [0.15, 0.2) is 70.7 Å². The summed E-state index contributed by atoms with van der Waals surface area (Å²) in [4.78, 5) is 2.35. The fraction of sp³-hybridized carbons (Fsp3) is 0.174. The molecule has 0 bridgehead atoms. The standard InChI is InChI=1S/C23H22Cl2N2O4S/c1-3-30-23-13-17(14-26-27-32(28,29)18-10-7-16(2)8-11-18)9-12-22(23)31-15-19-20(24)5-4-6-21(19)25/h4-14,27H,3,15H2,1-2H3/b26-14-. The molecular weight excluding hydrogens is 471 g/mol. The highest BCUT2D eigenvalue weighted by atomic mass is 35.5. The van der Waals surface area contributed by atoms with Crippen molar-refractivity contribution >= 4 is 39.4 Å². The zero-order valence-corrected chi connectivity index (χ0v) is 19.8. The third-order valence-electron chi connectivity index (χ3n) is 4.42. The van der Waals surface area contributed by atoms with Crippen LogP contribution in [0.5, 0.6) is 11.5 Å². The fourth-order valence-corrected chi connectivity index (χ4v) is 4.05. The molecule has 1 N–H and O–H groups in total. The maximum absolute atomic E-state index is 12.3. The smallest absolute Gasteiger partial charge is 0.276 e. The van der Waals surface area contributed by atoms with Gasteiger partial charge in [-0.3, -0.25) is 0 Å². The molecule has 0 aliphatic heterocycles. The number of hydrazone groups is 1. The van der Waals surface area contributed by atoms with E-state index in [1.807, 2.05) is 13.8 Å². The molecule has 0 aliphatic carbocycles. The molecule has 0 aliphatic rings. The molecule has 3 aromatic carbocycles. The van der Waals surface area contributed by atoms with Gasteiger partial charge in [-0.1, -0.05) is 47.0 Å². The Kier molecular flexibility index (Phi) is 8.01. The van der Waals surface area contributed by atoms with E-state index in [1.54, 1.807) is 48.5 Å². The minimum Gasteiger partial charge on any atom is -0.490 e. The molecular formula is C23H22Cl2N2O4S. The average Bonchev–Trinajstić information content (AvgIpc) is 2.75. The van der Waals surface area contributed by atoms with E-state index in [9.17, 15) is 8.42 Å². The van der Waals surface area contributed by atoms with Crippen molar-refractivity contribution in [1.29, 1.82) is 0 Å². The maximum atomic E-state index is 12.3. The lowest BCUT2D eigenvalue weighted by Gasteiger charge is -2.14. The Labute approximate surface area is 197 Å². The number of ether oxygens (including phenoxy) is 2. The second kappa shape index (κ2) is 10.7. The molecule has 0 fully saturated rings. The summed E-state index contributed by atoms with van der Waals surface area (Å²) >= 11 is 12.4. The normalized spacial score (nSPS) is 11.5. The first-order valence-corrected chi connectivity index (χ1v) is 12.0. The molecule has 0 saturated heterocycles. The van der Waals surface area contributed by atoms with Gasteiger partial charge in [0.1, 0.15) is 6.61 Å². The van der Waals surface area contributed by atoms with Crippen LogP contribution < -0.4 is 14.3 Å². The molecule has 0 unspecified atom stereocenters. The zero-order valence-electron chi connectivity index (χ0n) is 17.5. The minimum atomic E-state index is -3.75. The molecule has 3 aromatic rings. The largest absolute Gasteiger partial charge is 0.490 e. The van der Waals surface area contributed by atoms with Crippen LogP contribution >= 0.6 is 23.2 Å². The van der Waals surface area contributed by atoms with Crippen LogP contribution in [0.3, 0.4) is 0 Å². The van der Waals surface area contributed by atoms with E-state index in [-0.39, 0.29) is 11.5 Å². The van der Waals surface area contributed by atoms with Gasteiger partial charge in [-0.15, -0.1) is 0 Å². The highest BCUT2D eigenvalue weighted by Crippen LogP contribution is 2.31. The number of hydrogen-bond donors (Lipinski definition) is 1. The lowest BCUT2D eigenvalue weighted by Crippen LogP contribution is -2.18. The van der Waals surface area contributed by atoms with Gasteiger partial charge in [0.15, 0.2) is 11.5 Å². The first kappa shape index (κ1) is 23.9. The highest BCUT2D eigenvalue weighted by molar-refractivity contribution is 7.89. The van der Waals surface area contributed by atoms with E-state index in [0.29, 0.717) is 39.3 Å². The van der Waals surface area contributed by atoms with Crippen LogP contribution in [0, 0.1) is 6.92 Å². The Hall–Kier alpha value is -2.74. The van der Waals surface area contributed by atoms with Gasteiger partial charge in [-0.25, -0.2) is 4.83 Å². The molecule has 32 heavy (non-hydrogen) atoms. The molecule has 0 atom stereocenters. The molecule has 0 saturated carbocycles. The topological polar surface area (TPSA) is 77.0 Å². The molecule has 168 valence electrons. The number of nitrogens with zero attached hydrogens (tertiary/aromatic N) is 1. The first-order valence-electron chi connectivity index (χ1n) is 9.74. The summed E-state index contributed by atoms with van der Waals surface area (Å²) in [6.07, 6.45) is 1.39. The van der Waals surface area contributed by atoms with E-state index in [4.69, 9.17) is 32.7 Å². The van der Waals surface area contributed by atoms with Gasteiger partial charge in [0.05, 0.1) is 17.7 Å². The summed E-state index contributed by atoms with van der Waals surface area (Å²) in [7, 11) is -3.75. The Balaban J connectivity index is 1.73. The summed E-state index contributed by atoms with van der Waals surface area (Å²) in [6, 6.07) is 16.9. The van der Waals surface area contributed by atoms with Crippen molar-refractivity contribution in [3.8, 4) is 11.5 Å². The quantitative estimate of drug-likeness (QED) is 0.311. The van der Waals surface area contributed by atoms with Gasteiger partial charge in [0, 0.05) is 15.6 Å². The Morgan fingerprint density at radius 2 is 1.66 bits per heavy atom. The summed E-state index contributed by atoms with van der Waals surface area (Å²) in [5, 5.41) is 4.89. The van der Waals surface area contributed by atoms with E-state index in [0.717, 1.165) is 5.56 Å². The van der Waals surface area contributed by atoms with Crippen LogP contribution in [0.25, 0.3) is 0 Å². The second-order valence-corrected chi connectivity index (χ2v) is 9.27. The lowest BCUT2D eigenvalue weighted by molar-refractivity contribution is 0.269. The third kappa shape index (κ3) is 6.16. The predicted octanol–water partition coefficient (Wildman–Crippen LogP) is 5.59. The van der Waals surface area contributed by atoms with Crippen LogP contribution in [-0.2, 0) is 16.6 Å². The molecule has 0 radical (unpaired) electrons. The molecule has 6 nitrogen and oxygen atoms in total. The van der Waals surface area contributed by atoms with E-state index in [1.165, 1.54) is 18.3 Å². The van der Waals surface area contributed by atoms with Crippen LogP contribution in [-0.4, -0.2) is 21.2 Å². The number of benzene rings is 3. The highest BCUT2D eigenvalue weighted by Gasteiger charge is 2.13. The number of aryl methyl sites for hydroxylation is 1. The van der Waals surface area contributed by atoms with Gasteiger partial charge in [0.2, 0.25) is 0 Å². The average molecular weight is 493 g/mol. The van der Waals surface area contributed by atoms with Crippen molar-refractivity contribution in [1.82, 2.24) is 4.83 Å².